The van der Waals surface area contributed by atoms with Crippen LogP contribution in [0, 0.1) is 5.92 Å². The summed E-state index contributed by atoms with van der Waals surface area (Å²) in [5, 5.41) is 4.56. The Kier molecular flexibility index (Phi) is 5.44. The van der Waals surface area contributed by atoms with Gasteiger partial charge >= 0.3 is 6.18 Å². The average molecular weight is 369 g/mol. The van der Waals surface area contributed by atoms with Gasteiger partial charge in [0.2, 0.25) is 5.91 Å². The van der Waals surface area contributed by atoms with Crippen LogP contribution in [-0.4, -0.2) is 32.8 Å². The van der Waals surface area contributed by atoms with Gasteiger partial charge in [0, 0.05) is 13.1 Å². The number of hydrogen-bond donors (Lipinski definition) is 0. The number of carbonyl (C=O) groups excluding carboxylic acids is 1. The topological polar surface area (TPSA) is 38.1 Å². The van der Waals surface area contributed by atoms with Crippen molar-refractivity contribution in [2.45, 2.75) is 70.1 Å². The fourth-order valence-corrected chi connectivity index (χ4v) is 4.36. The van der Waals surface area contributed by atoms with Crippen molar-refractivity contribution in [2.75, 3.05) is 0 Å². The largest absolute Gasteiger partial charge is 0.391 e. The molecular weight excluding hydrogens is 343 g/mol. The predicted octanol–water partition coefficient (Wildman–Crippen LogP) is 3.93. The predicted molar refractivity (Wildman–Crippen MR) is 92.4 cm³/mol. The standard InChI is InChI=1S/C19H26F3N3O/c1-3-18(26)25(14-8-6-7-13(11-14)19(20,21)22)12-17-15-9-4-5-10-16(15)23-24(17)2/h3,13-14H,1,4-12H2,2H3. The van der Waals surface area contributed by atoms with Gasteiger partial charge in [-0.1, -0.05) is 13.0 Å². The molecule has 4 nitrogen and oxygen atoms in total. The van der Waals surface area contributed by atoms with E-state index in [1.54, 1.807) is 9.58 Å². The number of rotatable bonds is 4. The number of aromatic nitrogens is 2. The van der Waals surface area contributed by atoms with Gasteiger partial charge in [-0.05, 0) is 56.6 Å². The maximum atomic E-state index is 13.2. The van der Waals surface area contributed by atoms with Crippen LogP contribution in [-0.2, 0) is 31.2 Å². The molecule has 2 atom stereocenters. The molecule has 0 spiro atoms. The third-order valence-electron chi connectivity index (χ3n) is 5.78. The van der Waals surface area contributed by atoms with E-state index < -0.39 is 18.1 Å². The summed E-state index contributed by atoms with van der Waals surface area (Å²) in [6.07, 6.45) is 2.26. The molecule has 2 unspecified atom stereocenters. The van der Waals surface area contributed by atoms with Crippen LogP contribution in [0.15, 0.2) is 12.7 Å². The van der Waals surface area contributed by atoms with Gasteiger partial charge in [0.05, 0.1) is 23.9 Å². The van der Waals surface area contributed by atoms with Gasteiger partial charge in [0.1, 0.15) is 0 Å². The van der Waals surface area contributed by atoms with E-state index in [0.717, 1.165) is 37.1 Å². The van der Waals surface area contributed by atoms with Crippen LogP contribution in [0.4, 0.5) is 13.2 Å². The highest BCUT2D eigenvalue weighted by molar-refractivity contribution is 5.87. The van der Waals surface area contributed by atoms with E-state index in [1.165, 1.54) is 11.6 Å². The molecule has 7 heteroatoms. The summed E-state index contributed by atoms with van der Waals surface area (Å²) in [6, 6.07) is -0.407. The van der Waals surface area contributed by atoms with Gasteiger partial charge in [-0.25, -0.2) is 0 Å². The first-order chi connectivity index (χ1) is 12.3. The molecule has 0 N–H and O–H groups in total. The number of hydrogen-bond acceptors (Lipinski definition) is 2. The Bertz CT molecular complexity index is 680. The molecule has 0 aliphatic heterocycles. The minimum atomic E-state index is -4.20. The maximum absolute atomic E-state index is 13.2. The molecule has 1 aromatic rings. The molecular formula is C19H26F3N3O. The first-order valence-electron chi connectivity index (χ1n) is 9.34. The van der Waals surface area contributed by atoms with E-state index in [0.29, 0.717) is 19.4 Å². The Morgan fingerprint density at radius 2 is 2.04 bits per heavy atom. The lowest BCUT2D eigenvalue weighted by Gasteiger charge is -2.38. The average Bonchev–Trinajstić information content (AvgIpc) is 2.93. The first kappa shape index (κ1) is 19.0. The smallest absolute Gasteiger partial charge is 0.330 e. The minimum absolute atomic E-state index is 0.0247. The number of alkyl halides is 3. The lowest BCUT2D eigenvalue weighted by molar-refractivity contribution is -0.187. The lowest BCUT2D eigenvalue weighted by atomic mass is 9.84. The van der Waals surface area contributed by atoms with Gasteiger partial charge in [-0.3, -0.25) is 9.48 Å². The Morgan fingerprint density at radius 1 is 1.31 bits per heavy atom. The first-order valence-corrected chi connectivity index (χ1v) is 9.34. The molecule has 0 saturated heterocycles. The Hall–Kier alpha value is -1.79. The maximum Gasteiger partial charge on any atom is 0.391 e. The number of halogens is 3. The Morgan fingerprint density at radius 3 is 2.73 bits per heavy atom. The highest BCUT2D eigenvalue weighted by atomic mass is 19.4. The third-order valence-corrected chi connectivity index (χ3v) is 5.78. The zero-order valence-electron chi connectivity index (χ0n) is 15.2. The van der Waals surface area contributed by atoms with Crippen molar-refractivity contribution < 1.29 is 18.0 Å². The second-order valence-corrected chi connectivity index (χ2v) is 7.43. The molecule has 1 saturated carbocycles. The molecule has 3 rings (SSSR count). The van der Waals surface area contributed by atoms with Crippen molar-refractivity contribution in [1.82, 2.24) is 14.7 Å². The van der Waals surface area contributed by atoms with Gasteiger partial charge < -0.3 is 4.90 Å². The quantitative estimate of drug-likeness (QED) is 0.754. The van der Waals surface area contributed by atoms with Gasteiger partial charge in [0.25, 0.3) is 0 Å². The molecule has 0 bridgehead atoms. The highest BCUT2D eigenvalue weighted by Crippen LogP contribution is 2.39. The SMILES string of the molecule is C=CC(=O)N(Cc1c2c(nn1C)CCCC2)C1CCCC(C(F)(F)F)C1. The summed E-state index contributed by atoms with van der Waals surface area (Å²) in [4.78, 5) is 14.1. The van der Waals surface area contributed by atoms with E-state index in [1.807, 2.05) is 7.05 Å². The zero-order chi connectivity index (χ0) is 18.9. The number of aryl methyl sites for hydroxylation is 2. The van der Waals surface area contributed by atoms with Crippen molar-refractivity contribution in [1.29, 1.82) is 0 Å². The van der Waals surface area contributed by atoms with Gasteiger partial charge in [-0.2, -0.15) is 18.3 Å². The molecule has 2 aliphatic rings. The third kappa shape index (κ3) is 3.81. The van der Waals surface area contributed by atoms with Crippen molar-refractivity contribution in [3.63, 3.8) is 0 Å². The van der Waals surface area contributed by atoms with E-state index in [4.69, 9.17) is 0 Å². The molecule has 144 valence electrons. The van der Waals surface area contributed by atoms with Crippen LogP contribution in [0.5, 0.6) is 0 Å². The number of nitrogens with zero attached hydrogens (tertiary/aromatic N) is 3. The fourth-order valence-electron chi connectivity index (χ4n) is 4.36. The highest BCUT2D eigenvalue weighted by Gasteiger charge is 2.44. The number of amides is 1. The summed E-state index contributed by atoms with van der Waals surface area (Å²) in [5.41, 5.74) is 3.18. The molecule has 1 fully saturated rings. The fraction of sp³-hybridized carbons (Fsp3) is 0.684. The van der Waals surface area contributed by atoms with Crippen molar-refractivity contribution in [2.24, 2.45) is 13.0 Å². The summed E-state index contributed by atoms with van der Waals surface area (Å²) in [7, 11) is 1.85. The Labute approximate surface area is 152 Å². The monoisotopic (exact) mass is 369 g/mol. The minimum Gasteiger partial charge on any atom is -0.330 e. The normalized spacial score (nSPS) is 23.4. The molecule has 0 aromatic carbocycles. The van der Waals surface area contributed by atoms with Crippen molar-refractivity contribution in [3.05, 3.63) is 29.6 Å². The molecule has 0 radical (unpaired) electrons. The van der Waals surface area contributed by atoms with Crippen LogP contribution in [0.2, 0.25) is 0 Å². The molecule has 1 amide bonds. The second kappa shape index (κ2) is 7.45. The van der Waals surface area contributed by atoms with Crippen molar-refractivity contribution >= 4 is 5.91 Å². The van der Waals surface area contributed by atoms with E-state index in [2.05, 4.69) is 11.7 Å². The lowest BCUT2D eigenvalue weighted by Crippen LogP contribution is -2.44. The van der Waals surface area contributed by atoms with Crippen molar-refractivity contribution in [3.8, 4) is 0 Å². The van der Waals surface area contributed by atoms with Crippen LogP contribution >= 0.6 is 0 Å². The molecule has 1 heterocycles. The molecule has 2 aliphatic carbocycles. The zero-order valence-corrected chi connectivity index (χ0v) is 15.2. The van der Waals surface area contributed by atoms with E-state index in [-0.39, 0.29) is 18.7 Å². The van der Waals surface area contributed by atoms with Gasteiger partial charge in [-0.15, -0.1) is 0 Å². The number of fused-ring (bicyclic) bond motifs is 1. The Balaban J connectivity index is 1.84. The number of carbonyl (C=O) groups is 1. The summed E-state index contributed by atoms with van der Waals surface area (Å²) in [5.74, 6) is -1.63. The summed E-state index contributed by atoms with van der Waals surface area (Å²) < 4.78 is 41.4. The molecule has 1 aromatic heterocycles. The summed E-state index contributed by atoms with van der Waals surface area (Å²) in [6.45, 7) is 3.85. The van der Waals surface area contributed by atoms with Crippen LogP contribution in [0.25, 0.3) is 0 Å². The molecule has 26 heavy (non-hydrogen) atoms. The summed E-state index contributed by atoms with van der Waals surface area (Å²) >= 11 is 0. The van der Waals surface area contributed by atoms with Crippen LogP contribution in [0.3, 0.4) is 0 Å². The second-order valence-electron chi connectivity index (χ2n) is 7.43. The van der Waals surface area contributed by atoms with Crippen LogP contribution < -0.4 is 0 Å². The van der Waals surface area contributed by atoms with E-state index in [9.17, 15) is 18.0 Å². The van der Waals surface area contributed by atoms with E-state index >= 15 is 0 Å². The van der Waals surface area contributed by atoms with Crippen LogP contribution in [0.1, 0.15) is 55.5 Å². The van der Waals surface area contributed by atoms with Gasteiger partial charge in [0.15, 0.2) is 0 Å².